The average Bonchev–Trinajstić information content (AvgIpc) is 2.47. The summed E-state index contributed by atoms with van der Waals surface area (Å²) in [6.07, 6.45) is 2.04. The molecule has 5 nitrogen and oxygen atoms in total. The molecule has 20 heavy (non-hydrogen) atoms. The quantitative estimate of drug-likeness (QED) is 0.904. The fourth-order valence-electron chi connectivity index (χ4n) is 2.54. The van der Waals surface area contributed by atoms with Crippen LogP contribution in [0.4, 0.5) is 5.69 Å². The highest BCUT2D eigenvalue weighted by Crippen LogP contribution is 2.30. The van der Waals surface area contributed by atoms with Gasteiger partial charge in [0.2, 0.25) is 10.0 Å². The molecule has 112 valence electrons. The van der Waals surface area contributed by atoms with Crippen LogP contribution in [0.15, 0.2) is 29.2 Å². The number of anilines is 1. The lowest BCUT2D eigenvalue weighted by atomic mass is 9.97. The van der Waals surface area contributed by atoms with E-state index in [9.17, 15) is 8.42 Å². The number of hydrogen-bond donors (Lipinski definition) is 1. The number of rotatable bonds is 4. The average molecular weight is 297 g/mol. The number of sulfonamides is 1. The second kappa shape index (κ2) is 6.11. The van der Waals surface area contributed by atoms with Crippen LogP contribution in [0, 0.1) is 5.92 Å². The third-order valence-electron chi connectivity index (χ3n) is 3.91. The molecule has 2 rings (SSSR count). The Labute approximate surface area is 121 Å². The first-order valence-electron chi connectivity index (χ1n) is 6.93. The molecule has 0 bridgehead atoms. The van der Waals surface area contributed by atoms with E-state index in [1.165, 1.54) is 4.31 Å². The molecule has 1 aromatic rings. The number of nitrogens with two attached hydrogens (primary N) is 1. The normalized spacial score (nSPS) is 17.7. The Balaban J connectivity index is 2.30. The van der Waals surface area contributed by atoms with E-state index in [0.717, 1.165) is 31.6 Å². The Morgan fingerprint density at radius 1 is 1.25 bits per heavy atom. The van der Waals surface area contributed by atoms with Gasteiger partial charge in [0, 0.05) is 27.2 Å². The van der Waals surface area contributed by atoms with E-state index in [0.29, 0.717) is 17.4 Å². The number of para-hydroxylation sites is 1. The van der Waals surface area contributed by atoms with Crippen molar-refractivity contribution in [3.05, 3.63) is 24.3 Å². The van der Waals surface area contributed by atoms with Gasteiger partial charge in [0.15, 0.2) is 0 Å². The molecule has 1 saturated heterocycles. The SMILES string of the molecule is CN(C)S(=O)(=O)c1ccccc1N1CCC(CN)CC1. The summed E-state index contributed by atoms with van der Waals surface area (Å²) < 4.78 is 26.1. The lowest BCUT2D eigenvalue weighted by molar-refractivity contribution is 0.413. The third kappa shape index (κ3) is 2.97. The summed E-state index contributed by atoms with van der Waals surface area (Å²) >= 11 is 0. The summed E-state index contributed by atoms with van der Waals surface area (Å²) in [6.45, 7) is 2.44. The molecule has 0 amide bonds. The Morgan fingerprint density at radius 2 is 1.85 bits per heavy atom. The van der Waals surface area contributed by atoms with Crippen molar-refractivity contribution in [3.63, 3.8) is 0 Å². The van der Waals surface area contributed by atoms with E-state index >= 15 is 0 Å². The highest BCUT2D eigenvalue weighted by atomic mass is 32.2. The summed E-state index contributed by atoms with van der Waals surface area (Å²) in [6, 6.07) is 7.23. The first-order valence-corrected chi connectivity index (χ1v) is 8.37. The van der Waals surface area contributed by atoms with Crippen LogP contribution in [-0.4, -0.2) is 46.5 Å². The Bertz CT molecular complexity index is 549. The van der Waals surface area contributed by atoms with Crippen LogP contribution in [0.2, 0.25) is 0 Å². The molecule has 0 aliphatic carbocycles. The van der Waals surface area contributed by atoms with Crippen molar-refractivity contribution in [2.45, 2.75) is 17.7 Å². The molecule has 1 aliphatic rings. The Hall–Kier alpha value is -1.11. The molecule has 1 aromatic carbocycles. The number of benzene rings is 1. The van der Waals surface area contributed by atoms with Crippen LogP contribution in [0.25, 0.3) is 0 Å². The Kier molecular flexibility index (Phi) is 4.67. The van der Waals surface area contributed by atoms with Gasteiger partial charge in [-0.2, -0.15) is 0 Å². The van der Waals surface area contributed by atoms with Crippen LogP contribution in [0.1, 0.15) is 12.8 Å². The molecule has 1 fully saturated rings. The lowest BCUT2D eigenvalue weighted by Crippen LogP contribution is -2.37. The molecule has 0 unspecified atom stereocenters. The molecule has 1 heterocycles. The summed E-state index contributed by atoms with van der Waals surface area (Å²) in [5, 5.41) is 0. The van der Waals surface area contributed by atoms with Crippen molar-refractivity contribution < 1.29 is 8.42 Å². The van der Waals surface area contributed by atoms with Crippen LogP contribution in [0.3, 0.4) is 0 Å². The van der Waals surface area contributed by atoms with E-state index < -0.39 is 10.0 Å². The molecule has 0 spiro atoms. The molecule has 0 saturated carbocycles. The molecule has 0 aromatic heterocycles. The standard InChI is InChI=1S/C14H23N3O2S/c1-16(2)20(18,19)14-6-4-3-5-13(14)17-9-7-12(11-15)8-10-17/h3-6,12H,7-11,15H2,1-2H3. The van der Waals surface area contributed by atoms with Crippen molar-refractivity contribution in [3.8, 4) is 0 Å². The zero-order chi connectivity index (χ0) is 14.8. The molecular formula is C14H23N3O2S. The maximum Gasteiger partial charge on any atom is 0.244 e. The van der Waals surface area contributed by atoms with Crippen LogP contribution in [0.5, 0.6) is 0 Å². The van der Waals surface area contributed by atoms with Crippen molar-refractivity contribution in [2.75, 3.05) is 38.6 Å². The lowest BCUT2D eigenvalue weighted by Gasteiger charge is -2.34. The van der Waals surface area contributed by atoms with E-state index in [2.05, 4.69) is 4.90 Å². The number of hydrogen-bond acceptors (Lipinski definition) is 4. The van der Waals surface area contributed by atoms with Gasteiger partial charge in [-0.15, -0.1) is 0 Å². The van der Waals surface area contributed by atoms with Crippen molar-refractivity contribution in [2.24, 2.45) is 11.7 Å². The highest BCUT2D eigenvalue weighted by Gasteiger charge is 2.26. The Morgan fingerprint density at radius 3 is 2.40 bits per heavy atom. The predicted molar refractivity (Wildman–Crippen MR) is 81.3 cm³/mol. The van der Waals surface area contributed by atoms with E-state index in [1.807, 2.05) is 12.1 Å². The second-order valence-electron chi connectivity index (χ2n) is 5.42. The number of nitrogens with zero attached hydrogens (tertiary/aromatic N) is 2. The highest BCUT2D eigenvalue weighted by molar-refractivity contribution is 7.89. The minimum absolute atomic E-state index is 0.385. The van der Waals surface area contributed by atoms with Gasteiger partial charge < -0.3 is 10.6 Å². The third-order valence-corrected chi connectivity index (χ3v) is 5.77. The van der Waals surface area contributed by atoms with Gasteiger partial charge in [-0.1, -0.05) is 12.1 Å². The van der Waals surface area contributed by atoms with Crippen LogP contribution in [-0.2, 0) is 10.0 Å². The summed E-state index contributed by atoms with van der Waals surface area (Å²) in [7, 11) is -0.284. The smallest absolute Gasteiger partial charge is 0.244 e. The molecule has 2 N–H and O–H groups in total. The molecule has 0 radical (unpaired) electrons. The van der Waals surface area contributed by atoms with Crippen LogP contribution >= 0.6 is 0 Å². The molecule has 6 heteroatoms. The number of piperidine rings is 1. The molecular weight excluding hydrogens is 274 g/mol. The van der Waals surface area contributed by atoms with Gasteiger partial charge in [-0.05, 0) is 37.4 Å². The van der Waals surface area contributed by atoms with E-state index in [1.54, 1.807) is 26.2 Å². The summed E-state index contributed by atoms with van der Waals surface area (Å²) in [5.41, 5.74) is 6.51. The summed E-state index contributed by atoms with van der Waals surface area (Å²) in [4.78, 5) is 2.54. The van der Waals surface area contributed by atoms with E-state index in [4.69, 9.17) is 5.73 Å². The fraction of sp³-hybridized carbons (Fsp3) is 0.571. The maximum atomic E-state index is 12.4. The van der Waals surface area contributed by atoms with Crippen molar-refractivity contribution in [1.29, 1.82) is 0 Å². The largest absolute Gasteiger partial charge is 0.370 e. The molecule has 1 aliphatic heterocycles. The first kappa shape index (κ1) is 15.3. The van der Waals surface area contributed by atoms with Crippen molar-refractivity contribution in [1.82, 2.24) is 4.31 Å². The fourth-order valence-corrected chi connectivity index (χ4v) is 3.65. The van der Waals surface area contributed by atoms with Gasteiger partial charge >= 0.3 is 0 Å². The van der Waals surface area contributed by atoms with Gasteiger partial charge in [0.1, 0.15) is 4.90 Å². The zero-order valence-electron chi connectivity index (χ0n) is 12.1. The van der Waals surface area contributed by atoms with Crippen molar-refractivity contribution >= 4 is 15.7 Å². The van der Waals surface area contributed by atoms with Crippen LogP contribution < -0.4 is 10.6 Å². The van der Waals surface area contributed by atoms with Gasteiger partial charge in [-0.3, -0.25) is 0 Å². The second-order valence-corrected chi connectivity index (χ2v) is 7.54. The van der Waals surface area contributed by atoms with Gasteiger partial charge in [0.05, 0.1) is 5.69 Å². The minimum atomic E-state index is -3.41. The first-order chi connectivity index (χ1) is 9.46. The zero-order valence-corrected chi connectivity index (χ0v) is 12.9. The topological polar surface area (TPSA) is 66.6 Å². The van der Waals surface area contributed by atoms with Gasteiger partial charge in [0.25, 0.3) is 0 Å². The molecule has 0 atom stereocenters. The predicted octanol–water partition coefficient (Wildman–Crippen LogP) is 1.11. The van der Waals surface area contributed by atoms with E-state index in [-0.39, 0.29) is 0 Å². The minimum Gasteiger partial charge on any atom is -0.370 e. The monoisotopic (exact) mass is 297 g/mol. The maximum absolute atomic E-state index is 12.4. The van der Waals surface area contributed by atoms with Gasteiger partial charge in [-0.25, -0.2) is 12.7 Å². The summed E-state index contributed by atoms with van der Waals surface area (Å²) in [5.74, 6) is 0.559.